The molecular weight excluding hydrogens is 735 g/mol. The summed E-state index contributed by atoms with van der Waals surface area (Å²) in [5, 5.41) is 11.1. The second-order valence-electron chi connectivity index (χ2n) is 13.1. The maximum atomic E-state index is 13.7. The average molecular weight is 793 g/mol. The number of ether oxygens (including phenoxy) is 2. The van der Waals surface area contributed by atoms with Gasteiger partial charge in [-0.15, -0.1) is 0 Å². The SMILES string of the molecule is CC.CCOC(=O)COP(COc1ccc(C)cc1)Oc1ccccc1.O=C1N(Cc2ccccc2)CCC(O)C(Cc2ccccc2)N1CC1=CC=CCC=C1. The minimum Gasteiger partial charge on any atom is -0.483 e. The molecule has 57 heavy (non-hydrogen) atoms. The Morgan fingerprint density at radius 2 is 1.47 bits per heavy atom. The molecule has 10 heteroatoms. The van der Waals surface area contributed by atoms with Crippen molar-refractivity contribution in [1.29, 1.82) is 0 Å². The standard InChI is InChI=1S/C27H30N2O2.C18H21O5P.C2H6/c30-26-17-18-28(20-23-13-9-4-10-14-23)27(31)29(21-24-15-5-1-2-6-16-24)25(26)19-22-11-7-3-8-12-22;1-3-20-18(19)13-22-24(23-17-7-5-4-6-8-17)14-21-16-11-9-15(2)10-12-16;1-2/h1,3-16,25-26,30H,2,17-21H2;4-12H,3,13-14H2,1-2H3;1-2H3. The van der Waals surface area contributed by atoms with Crippen LogP contribution in [0.1, 0.15) is 50.3 Å². The highest BCUT2D eigenvalue weighted by molar-refractivity contribution is 7.47. The van der Waals surface area contributed by atoms with Crippen LogP contribution in [-0.4, -0.2) is 71.7 Å². The van der Waals surface area contributed by atoms with Crippen LogP contribution in [-0.2, 0) is 27.0 Å². The second kappa shape index (κ2) is 25.1. The predicted molar refractivity (Wildman–Crippen MR) is 229 cm³/mol. The number of benzene rings is 4. The fraction of sp³-hybridized carbons (Fsp3) is 0.319. The molecule has 3 unspecified atom stereocenters. The number of nitrogens with zero attached hydrogens (tertiary/aromatic N) is 2. The number of carbonyl (C=O) groups excluding carboxylic acids is 2. The number of urea groups is 1. The van der Waals surface area contributed by atoms with Crippen molar-refractivity contribution in [2.45, 2.75) is 65.6 Å². The topological polar surface area (TPSA) is 97.8 Å². The van der Waals surface area contributed by atoms with Crippen molar-refractivity contribution in [3.05, 3.63) is 168 Å². The van der Waals surface area contributed by atoms with E-state index in [-0.39, 0.29) is 25.0 Å². The van der Waals surface area contributed by atoms with Gasteiger partial charge in [0.15, 0.2) is 13.0 Å². The molecule has 6 rings (SSSR count). The quantitative estimate of drug-likeness (QED) is 0.0946. The van der Waals surface area contributed by atoms with E-state index >= 15 is 0 Å². The van der Waals surface area contributed by atoms with Crippen LogP contribution in [0.2, 0.25) is 0 Å². The minimum atomic E-state index is -1.43. The van der Waals surface area contributed by atoms with Crippen molar-refractivity contribution in [2.75, 3.05) is 32.7 Å². The molecule has 1 N–H and O–H groups in total. The van der Waals surface area contributed by atoms with Gasteiger partial charge < -0.3 is 33.4 Å². The van der Waals surface area contributed by atoms with Gasteiger partial charge in [-0.05, 0) is 74.1 Å². The number of amides is 2. The lowest BCUT2D eigenvalue weighted by Crippen LogP contribution is -2.50. The molecule has 0 aromatic heterocycles. The number of para-hydroxylation sites is 1. The largest absolute Gasteiger partial charge is 0.483 e. The number of carbonyl (C=O) groups is 2. The van der Waals surface area contributed by atoms with E-state index in [1.165, 1.54) is 0 Å². The van der Waals surface area contributed by atoms with Gasteiger partial charge in [0.25, 0.3) is 8.38 Å². The third-order valence-electron chi connectivity index (χ3n) is 8.90. The molecule has 2 aliphatic rings. The van der Waals surface area contributed by atoms with Crippen molar-refractivity contribution in [3.63, 3.8) is 0 Å². The van der Waals surface area contributed by atoms with Crippen LogP contribution >= 0.6 is 8.38 Å². The molecular formula is C47H57N2O7P. The molecule has 9 nitrogen and oxygen atoms in total. The molecule has 0 spiro atoms. The van der Waals surface area contributed by atoms with Crippen LogP contribution < -0.4 is 9.26 Å². The van der Waals surface area contributed by atoms with Crippen molar-refractivity contribution >= 4 is 20.4 Å². The van der Waals surface area contributed by atoms with E-state index in [0.717, 1.165) is 34.4 Å². The van der Waals surface area contributed by atoms with E-state index in [1.54, 1.807) is 6.92 Å². The first-order valence-corrected chi connectivity index (χ1v) is 21.1. The van der Waals surface area contributed by atoms with E-state index < -0.39 is 20.4 Å². The molecule has 2 amide bonds. The first kappa shape index (κ1) is 44.5. The maximum absolute atomic E-state index is 13.7. The second-order valence-corrected chi connectivity index (χ2v) is 14.5. The van der Waals surface area contributed by atoms with Crippen LogP contribution in [0, 0.1) is 6.92 Å². The molecule has 1 saturated heterocycles. The Kier molecular flexibility index (Phi) is 19.6. The summed E-state index contributed by atoms with van der Waals surface area (Å²) in [6, 6.07) is 36.9. The highest BCUT2D eigenvalue weighted by Gasteiger charge is 2.36. The average Bonchev–Trinajstić information content (AvgIpc) is 3.57. The van der Waals surface area contributed by atoms with E-state index in [9.17, 15) is 14.7 Å². The Hall–Kier alpha value is -5.21. The minimum absolute atomic E-state index is 0.0103. The number of aryl methyl sites for hydroxylation is 1. The van der Waals surface area contributed by atoms with Crippen LogP contribution in [0.5, 0.6) is 11.5 Å². The molecule has 0 saturated carbocycles. The van der Waals surface area contributed by atoms with Gasteiger partial charge in [0.2, 0.25) is 0 Å². The van der Waals surface area contributed by atoms with Crippen molar-refractivity contribution in [2.24, 2.45) is 0 Å². The molecule has 1 aliphatic heterocycles. The monoisotopic (exact) mass is 792 g/mol. The van der Waals surface area contributed by atoms with Crippen molar-refractivity contribution in [3.8, 4) is 11.5 Å². The molecule has 1 fully saturated rings. The predicted octanol–water partition coefficient (Wildman–Crippen LogP) is 10.1. The van der Waals surface area contributed by atoms with Crippen molar-refractivity contribution in [1.82, 2.24) is 9.80 Å². The summed E-state index contributed by atoms with van der Waals surface area (Å²) in [4.78, 5) is 29.0. The summed E-state index contributed by atoms with van der Waals surface area (Å²) in [7, 11) is -1.43. The Morgan fingerprint density at radius 3 is 2.14 bits per heavy atom. The zero-order valence-corrected chi connectivity index (χ0v) is 34.5. The number of aliphatic hydroxyl groups excluding tert-OH is 1. The van der Waals surface area contributed by atoms with E-state index in [2.05, 4.69) is 36.4 Å². The first-order valence-electron chi connectivity index (χ1n) is 19.7. The lowest BCUT2D eigenvalue weighted by molar-refractivity contribution is -0.145. The van der Waals surface area contributed by atoms with Gasteiger partial charge in [-0.25, -0.2) is 9.59 Å². The molecule has 1 heterocycles. The molecule has 0 bridgehead atoms. The van der Waals surface area contributed by atoms with Gasteiger partial charge in [0.1, 0.15) is 11.5 Å². The molecule has 4 aromatic carbocycles. The third kappa shape index (κ3) is 15.7. The molecule has 0 radical (unpaired) electrons. The zero-order chi connectivity index (χ0) is 40.7. The van der Waals surface area contributed by atoms with Crippen LogP contribution in [0.15, 0.2) is 151 Å². The molecule has 1 aliphatic carbocycles. The summed E-state index contributed by atoms with van der Waals surface area (Å²) < 4.78 is 21.9. The first-order chi connectivity index (χ1) is 27.9. The van der Waals surface area contributed by atoms with Gasteiger partial charge in [0, 0.05) is 19.6 Å². The Labute approximate surface area is 340 Å². The zero-order valence-electron chi connectivity index (χ0n) is 33.6. The lowest BCUT2D eigenvalue weighted by atomic mass is 9.98. The fourth-order valence-electron chi connectivity index (χ4n) is 6.05. The van der Waals surface area contributed by atoms with E-state index in [1.807, 2.05) is 140 Å². The summed E-state index contributed by atoms with van der Waals surface area (Å²) in [6.07, 6.45) is 12.2. The summed E-state index contributed by atoms with van der Waals surface area (Å²) in [5.74, 6) is 0.974. The number of hydrogen-bond donors (Lipinski definition) is 1. The number of aliphatic hydroxyl groups is 1. The lowest BCUT2D eigenvalue weighted by Gasteiger charge is -2.35. The number of allylic oxidation sites excluding steroid dienone is 4. The summed E-state index contributed by atoms with van der Waals surface area (Å²) >= 11 is 0. The fourth-order valence-corrected chi connectivity index (χ4v) is 7.09. The molecule has 4 aromatic rings. The van der Waals surface area contributed by atoms with Gasteiger partial charge in [-0.3, -0.25) is 0 Å². The third-order valence-corrected chi connectivity index (χ3v) is 10.1. The van der Waals surface area contributed by atoms with Gasteiger partial charge in [-0.2, -0.15) is 0 Å². The Balaban J connectivity index is 0.000000250. The highest BCUT2D eigenvalue weighted by Crippen LogP contribution is 2.39. The van der Waals surface area contributed by atoms with Crippen LogP contribution in [0.4, 0.5) is 4.79 Å². The smallest absolute Gasteiger partial charge is 0.332 e. The number of hydrogen-bond acceptors (Lipinski definition) is 7. The summed E-state index contributed by atoms with van der Waals surface area (Å²) in [6.45, 7) is 9.50. The van der Waals surface area contributed by atoms with Gasteiger partial charge in [0.05, 0.1) is 18.8 Å². The molecule has 3 atom stereocenters. The molecule has 302 valence electrons. The van der Waals surface area contributed by atoms with Crippen LogP contribution in [0.25, 0.3) is 0 Å². The van der Waals surface area contributed by atoms with E-state index in [0.29, 0.717) is 44.8 Å². The maximum Gasteiger partial charge on any atom is 0.332 e. The Morgan fingerprint density at radius 1 is 0.825 bits per heavy atom. The van der Waals surface area contributed by atoms with E-state index in [4.69, 9.17) is 18.5 Å². The van der Waals surface area contributed by atoms with Gasteiger partial charge >= 0.3 is 12.0 Å². The summed E-state index contributed by atoms with van der Waals surface area (Å²) in [5.41, 5.74) is 4.46. The van der Waals surface area contributed by atoms with Crippen molar-refractivity contribution < 1.29 is 33.2 Å². The highest BCUT2D eigenvalue weighted by atomic mass is 31.2. The Bertz CT molecular complexity index is 1840. The van der Waals surface area contributed by atoms with Gasteiger partial charge in [-0.1, -0.05) is 141 Å². The normalized spacial score (nSPS) is 16.7. The van der Waals surface area contributed by atoms with Crippen LogP contribution in [0.3, 0.4) is 0 Å². The number of esters is 1. The number of rotatable bonds is 15.